The highest BCUT2D eigenvalue weighted by atomic mass is 19.2. The first kappa shape index (κ1) is 24.2. The Bertz CT molecular complexity index is 1140. The quantitative estimate of drug-likeness (QED) is 0.599. The molecule has 3 aliphatic heterocycles. The van der Waals surface area contributed by atoms with E-state index in [4.69, 9.17) is 0 Å². The number of nitrogens with one attached hydrogen (secondary N) is 2. The predicted octanol–water partition coefficient (Wildman–Crippen LogP) is 2.45. The number of fused-ring (bicyclic) bond motifs is 1. The molecular formula is C25H30F2N6O3. The number of rotatable bonds is 3. The molecule has 1 aromatic heterocycles. The van der Waals surface area contributed by atoms with Crippen molar-refractivity contribution in [2.45, 2.75) is 50.0 Å². The third kappa shape index (κ3) is 4.55. The summed E-state index contributed by atoms with van der Waals surface area (Å²) in [7, 11) is 1.62. The molecular weight excluding hydrogens is 470 g/mol. The van der Waals surface area contributed by atoms with Gasteiger partial charge in [-0.05, 0) is 49.4 Å². The number of pyridine rings is 1. The van der Waals surface area contributed by atoms with E-state index in [1.807, 2.05) is 17.0 Å². The molecule has 1 aromatic carbocycles. The van der Waals surface area contributed by atoms with Crippen LogP contribution in [-0.2, 0) is 4.79 Å². The molecule has 0 spiro atoms. The number of benzene rings is 1. The van der Waals surface area contributed by atoms with Crippen LogP contribution in [0.1, 0.15) is 37.2 Å². The second-order valence-electron chi connectivity index (χ2n) is 9.65. The van der Waals surface area contributed by atoms with E-state index < -0.39 is 24.0 Å². The molecule has 192 valence electrons. The Labute approximate surface area is 208 Å². The van der Waals surface area contributed by atoms with E-state index in [0.29, 0.717) is 44.6 Å². The van der Waals surface area contributed by atoms with E-state index in [-0.39, 0.29) is 36.0 Å². The number of halogens is 2. The number of piperidine rings is 1. The molecule has 2 fully saturated rings. The van der Waals surface area contributed by atoms with Crippen LogP contribution in [-0.4, -0.2) is 76.9 Å². The Morgan fingerprint density at radius 2 is 1.92 bits per heavy atom. The molecule has 5 rings (SSSR count). The van der Waals surface area contributed by atoms with Gasteiger partial charge in [-0.1, -0.05) is 12.1 Å². The molecule has 11 heteroatoms. The number of urea groups is 1. The maximum Gasteiger partial charge on any atom is 0.318 e. The maximum atomic E-state index is 14.4. The van der Waals surface area contributed by atoms with E-state index in [1.54, 1.807) is 24.2 Å². The van der Waals surface area contributed by atoms with Crippen molar-refractivity contribution in [3.63, 3.8) is 0 Å². The van der Waals surface area contributed by atoms with Gasteiger partial charge in [0, 0.05) is 44.8 Å². The van der Waals surface area contributed by atoms with Crippen LogP contribution in [0.4, 0.5) is 25.1 Å². The van der Waals surface area contributed by atoms with Crippen molar-refractivity contribution in [2.24, 2.45) is 0 Å². The maximum absolute atomic E-state index is 14.4. The molecule has 0 bridgehead atoms. The monoisotopic (exact) mass is 500 g/mol. The van der Waals surface area contributed by atoms with E-state index in [9.17, 15) is 23.5 Å². The fourth-order valence-corrected chi connectivity index (χ4v) is 5.52. The number of anilines is 2. The lowest BCUT2D eigenvalue weighted by atomic mass is 9.93. The Balaban J connectivity index is 1.19. The Morgan fingerprint density at radius 1 is 1.14 bits per heavy atom. The highest BCUT2D eigenvalue weighted by molar-refractivity contribution is 5.87. The smallest absolute Gasteiger partial charge is 0.318 e. The Kier molecular flexibility index (Phi) is 6.65. The predicted molar refractivity (Wildman–Crippen MR) is 129 cm³/mol. The highest BCUT2D eigenvalue weighted by Crippen LogP contribution is 2.35. The fraction of sp³-hybridized carbons (Fsp3) is 0.480. The number of aliphatic hydroxyl groups excluding tert-OH is 1. The molecule has 0 saturated carbocycles. The van der Waals surface area contributed by atoms with Crippen LogP contribution in [0.15, 0.2) is 36.5 Å². The third-order valence-corrected chi connectivity index (χ3v) is 7.43. The summed E-state index contributed by atoms with van der Waals surface area (Å²) in [6.07, 6.45) is 2.88. The topological polar surface area (TPSA) is 101 Å². The Hall–Kier alpha value is -3.47. The summed E-state index contributed by atoms with van der Waals surface area (Å²) in [5.41, 5.74) is 1.09. The number of carbonyl (C=O) groups is 2. The van der Waals surface area contributed by atoms with E-state index in [1.165, 1.54) is 11.0 Å². The van der Waals surface area contributed by atoms with Gasteiger partial charge in [0.05, 0.1) is 5.69 Å². The standard InChI is InChI=1S/C25H30F2N6O3/c1-31-14-15(17-4-2-5-18(26)21(17)27)7-8-19(23(31)34)29-24(35)32-12-9-16(10-13-32)33-20-6-3-11-28-22(20)30-25(33)36/h2-6,11,15-16,19,25,36H,7-10,12-14H2,1H3,(H,28,30)(H,29,35)/t15-,19-,25?/m1/s1. The number of aliphatic hydroxyl groups is 1. The molecule has 3 aliphatic rings. The zero-order valence-corrected chi connectivity index (χ0v) is 20.0. The zero-order valence-electron chi connectivity index (χ0n) is 20.0. The van der Waals surface area contributed by atoms with Crippen LogP contribution in [0, 0.1) is 11.6 Å². The van der Waals surface area contributed by atoms with Gasteiger partial charge in [0.15, 0.2) is 17.5 Å². The van der Waals surface area contributed by atoms with Crippen LogP contribution in [0.3, 0.4) is 0 Å². The van der Waals surface area contributed by atoms with Gasteiger partial charge in [0.1, 0.15) is 6.04 Å². The van der Waals surface area contributed by atoms with Crippen LogP contribution in [0.2, 0.25) is 0 Å². The van der Waals surface area contributed by atoms with Gasteiger partial charge in [0.25, 0.3) is 0 Å². The van der Waals surface area contributed by atoms with Gasteiger partial charge >= 0.3 is 6.03 Å². The summed E-state index contributed by atoms with van der Waals surface area (Å²) in [4.78, 5) is 35.3. The molecule has 9 nitrogen and oxygen atoms in total. The Morgan fingerprint density at radius 3 is 2.69 bits per heavy atom. The number of amides is 3. The largest absolute Gasteiger partial charge is 0.356 e. The van der Waals surface area contributed by atoms with Crippen LogP contribution >= 0.6 is 0 Å². The lowest BCUT2D eigenvalue weighted by Crippen LogP contribution is -2.55. The number of likely N-dealkylation sites (N-methyl/N-ethyl adjacent to an activating group) is 1. The SMILES string of the molecule is CN1C[C@H](c2cccc(F)c2F)CC[C@@H](NC(=O)N2CCC(N3c4cccnc4NC3O)CC2)C1=O. The first-order chi connectivity index (χ1) is 17.3. The molecule has 3 N–H and O–H groups in total. The minimum Gasteiger partial charge on any atom is -0.356 e. The number of hydrogen-bond acceptors (Lipinski definition) is 6. The summed E-state index contributed by atoms with van der Waals surface area (Å²) in [6, 6.07) is 6.80. The van der Waals surface area contributed by atoms with Crippen molar-refractivity contribution in [1.29, 1.82) is 0 Å². The molecule has 2 saturated heterocycles. The average Bonchev–Trinajstić information content (AvgIpc) is 3.15. The van der Waals surface area contributed by atoms with Crippen molar-refractivity contribution in [3.05, 3.63) is 53.7 Å². The number of likely N-dealkylation sites (tertiary alicyclic amines) is 2. The lowest BCUT2D eigenvalue weighted by molar-refractivity contribution is -0.131. The number of carbonyl (C=O) groups excluding carboxylic acids is 2. The molecule has 0 aliphatic carbocycles. The molecule has 36 heavy (non-hydrogen) atoms. The summed E-state index contributed by atoms with van der Waals surface area (Å²) in [5.74, 6) is -1.75. The minimum absolute atomic E-state index is 0.0366. The lowest BCUT2D eigenvalue weighted by Gasteiger charge is -2.39. The summed E-state index contributed by atoms with van der Waals surface area (Å²) >= 11 is 0. The molecule has 0 radical (unpaired) electrons. The van der Waals surface area contributed by atoms with Crippen molar-refractivity contribution < 1.29 is 23.5 Å². The molecule has 1 unspecified atom stereocenters. The van der Waals surface area contributed by atoms with E-state index in [0.717, 1.165) is 11.8 Å². The molecule has 3 amide bonds. The van der Waals surface area contributed by atoms with Crippen LogP contribution in [0.5, 0.6) is 0 Å². The molecule has 3 atom stereocenters. The fourth-order valence-electron chi connectivity index (χ4n) is 5.52. The number of nitrogens with zero attached hydrogens (tertiary/aromatic N) is 4. The van der Waals surface area contributed by atoms with Gasteiger partial charge in [-0.15, -0.1) is 0 Å². The van der Waals surface area contributed by atoms with Gasteiger partial charge in [-0.2, -0.15) is 0 Å². The summed E-state index contributed by atoms with van der Waals surface area (Å²) < 4.78 is 28.1. The highest BCUT2D eigenvalue weighted by Gasteiger charge is 2.37. The zero-order chi connectivity index (χ0) is 25.4. The second kappa shape index (κ2) is 9.88. The first-order valence-corrected chi connectivity index (χ1v) is 12.3. The second-order valence-corrected chi connectivity index (χ2v) is 9.65. The van der Waals surface area contributed by atoms with Crippen molar-refractivity contribution in [3.8, 4) is 0 Å². The average molecular weight is 501 g/mol. The minimum atomic E-state index is -0.907. The normalized spacial score (nSPS) is 24.8. The van der Waals surface area contributed by atoms with Gasteiger partial charge in [-0.25, -0.2) is 18.6 Å². The summed E-state index contributed by atoms with van der Waals surface area (Å²) in [6.45, 7) is 1.20. The van der Waals surface area contributed by atoms with Gasteiger partial charge in [-0.3, -0.25) is 4.79 Å². The first-order valence-electron chi connectivity index (χ1n) is 12.3. The van der Waals surface area contributed by atoms with Gasteiger partial charge in [0.2, 0.25) is 12.3 Å². The van der Waals surface area contributed by atoms with Crippen molar-refractivity contribution in [1.82, 2.24) is 20.1 Å². The van der Waals surface area contributed by atoms with Crippen LogP contribution < -0.4 is 15.5 Å². The molecule has 2 aromatic rings. The molecule has 4 heterocycles. The number of hydrogen-bond donors (Lipinski definition) is 3. The third-order valence-electron chi connectivity index (χ3n) is 7.43. The van der Waals surface area contributed by atoms with Crippen molar-refractivity contribution in [2.75, 3.05) is 36.9 Å². The van der Waals surface area contributed by atoms with Gasteiger partial charge < -0.3 is 30.4 Å². The van der Waals surface area contributed by atoms with Crippen LogP contribution in [0.25, 0.3) is 0 Å². The summed E-state index contributed by atoms with van der Waals surface area (Å²) in [5, 5.41) is 16.3. The van der Waals surface area contributed by atoms with Crippen molar-refractivity contribution >= 4 is 23.4 Å². The van der Waals surface area contributed by atoms with E-state index >= 15 is 0 Å². The van der Waals surface area contributed by atoms with E-state index in [2.05, 4.69) is 15.6 Å². The number of aromatic nitrogens is 1.